The van der Waals surface area contributed by atoms with Crippen LogP contribution in [0.5, 0.6) is 0 Å². The number of thiophene rings is 1. The Labute approximate surface area is 369 Å². The minimum atomic E-state index is -0.628. The van der Waals surface area contributed by atoms with Gasteiger partial charge in [0.1, 0.15) is 0 Å². The SMILES string of the molecule is c1ccc(-c2ccc3c4c(cccc24)C2(c4ccccc4-c4cccc5cccc2c45)c2cc(N(c4ccc5c(c4)sc4ccccc45)c4cccc5ccccc45)ccc2-3)cc1. The first-order chi connectivity index (χ1) is 31.3. The van der Waals surface area contributed by atoms with E-state index in [1.165, 1.54) is 108 Å². The van der Waals surface area contributed by atoms with Crippen molar-refractivity contribution in [2.75, 3.05) is 4.90 Å². The highest BCUT2D eigenvalue weighted by atomic mass is 32.1. The largest absolute Gasteiger partial charge is 0.310 e. The second kappa shape index (κ2) is 13.1. The molecule has 1 heterocycles. The average molecular weight is 816 g/mol. The molecule has 1 aromatic heterocycles. The van der Waals surface area contributed by atoms with Crippen molar-refractivity contribution in [1.82, 2.24) is 0 Å². The molecule has 14 rings (SSSR count). The molecule has 0 saturated heterocycles. The van der Waals surface area contributed by atoms with Gasteiger partial charge in [-0.15, -0.1) is 11.3 Å². The summed E-state index contributed by atoms with van der Waals surface area (Å²) >= 11 is 1.87. The van der Waals surface area contributed by atoms with Crippen LogP contribution in [-0.2, 0) is 5.41 Å². The lowest BCUT2D eigenvalue weighted by Gasteiger charge is -2.46. The molecule has 0 aliphatic heterocycles. The lowest BCUT2D eigenvalue weighted by Crippen LogP contribution is -2.36. The highest BCUT2D eigenvalue weighted by Gasteiger charge is 2.49. The van der Waals surface area contributed by atoms with E-state index in [1.54, 1.807) is 0 Å². The molecule has 63 heavy (non-hydrogen) atoms. The van der Waals surface area contributed by atoms with Crippen molar-refractivity contribution in [2.24, 2.45) is 0 Å². The highest BCUT2D eigenvalue weighted by Crippen LogP contribution is 2.62. The van der Waals surface area contributed by atoms with Gasteiger partial charge in [-0.2, -0.15) is 0 Å². The van der Waals surface area contributed by atoms with Crippen LogP contribution in [0.2, 0.25) is 0 Å². The van der Waals surface area contributed by atoms with Crippen LogP contribution in [-0.4, -0.2) is 0 Å². The molecule has 292 valence electrons. The monoisotopic (exact) mass is 815 g/mol. The molecule has 0 radical (unpaired) electrons. The van der Waals surface area contributed by atoms with E-state index in [4.69, 9.17) is 0 Å². The summed E-state index contributed by atoms with van der Waals surface area (Å²) in [5.74, 6) is 0. The molecule has 0 fully saturated rings. The van der Waals surface area contributed by atoms with E-state index >= 15 is 0 Å². The third-order valence-corrected chi connectivity index (χ3v) is 15.2. The van der Waals surface area contributed by atoms with Crippen molar-refractivity contribution in [3.8, 4) is 33.4 Å². The lowest BCUT2D eigenvalue weighted by molar-refractivity contribution is 0.754. The van der Waals surface area contributed by atoms with Gasteiger partial charge in [0.25, 0.3) is 0 Å². The number of rotatable bonds is 4. The minimum absolute atomic E-state index is 0.628. The summed E-state index contributed by atoms with van der Waals surface area (Å²) in [6.45, 7) is 0. The molecule has 1 spiro atoms. The summed E-state index contributed by atoms with van der Waals surface area (Å²) in [7, 11) is 0. The third kappa shape index (κ3) is 4.76. The maximum absolute atomic E-state index is 2.54. The van der Waals surface area contributed by atoms with Crippen molar-refractivity contribution >= 4 is 80.9 Å². The maximum Gasteiger partial charge on any atom is 0.0726 e. The summed E-state index contributed by atoms with van der Waals surface area (Å²) in [5.41, 5.74) is 15.7. The summed E-state index contributed by atoms with van der Waals surface area (Å²) < 4.78 is 2.60. The first-order valence-corrected chi connectivity index (χ1v) is 22.7. The molecular formula is C61H37NS. The van der Waals surface area contributed by atoms with Gasteiger partial charge in [-0.05, 0) is 119 Å². The Hall–Kier alpha value is -7.78. The number of benzene rings is 11. The molecule has 11 aromatic carbocycles. The predicted octanol–water partition coefficient (Wildman–Crippen LogP) is 17.0. The van der Waals surface area contributed by atoms with Gasteiger partial charge in [-0.3, -0.25) is 0 Å². The molecule has 0 amide bonds. The number of hydrogen-bond donors (Lipinski definition) is 0. The zero-order valence-corrected chi connectivity index (χ0v) is 35.0. The summed E-state index contributed by atoms with van der Waals surface area (Å²) in [5, 5.41) is 10.2. The summed E-state index contributed by atoms with van der Waals surface area (Å²) in [4.78, 5) is 2.51. The van der Waals surface area contributed by atoms with Gasteiger partial charge in [0, 0.05) is 36.9 Å². The molecule has 2 aliphatic rings. The van der Waals surface area contributed by atoms with E-state index in [9.17, 15) is 0 Å². The number of hydrogen-bond acceptors (Lipinski definition) is 2. The van der Waals surface area contributed by atoms with Crippen molar-refractivity contribution in [3.05, 3.63) is 247 Å². The van der Waals surface area contributed by atoms with E-state index in [-0.39, 0.29) is 0 Å². The standard InChI is InChI=1S/C61H37NS/c1-2-14-38(15-3-1)43-34-35-51-46-32-30-41(62(56-28-12-17-39-16-4-5-20-44(39)56)42-31-33-48-47-22-7-9-29-57(47)63-58(48)37-42)36-55(46)61(54-27-13-24-49(43)60(51)54)52-25-8-6-21-45(52)50-23-10-18-40-19-11-26-53(61)59(40)50/h1-37H. The van der Waals surface area contributed by atoms with Gasteiger partial charge in [-0.25, -0.2) is 0 Å². The van der Waals surface area contributed by atoms with Gasteiger partial charge < -0.3 is 4.90 Å². The second-order valence-corrected chi connectivity index (χ2v) is 18.2. The van der Waals surface area contributed by atoms with E-state index in [1.807, 2.05) is 11.3 Å². The summed E-state index contributed by atoms with van der Waals surface area (Å²) in [6.07, 6.45) is 0. The smallest absolute Gasteiger partial charge is 0.0726 e. The second-order valence-electron chi connectivity index (χ2n) is 17.1. The lowest BCUT2D eigenvalue weighted by atomic mass is 9.55. The fourth-order valence-electron chi connectivity index (χ4n) is 11.5. The fourth-order valence-corrected chi connectivity index (χ4v) is 12.6. The van der Waals surface area contributed by atoms with Gasteiger partial charge in [0.05, 0.1) is 11.1 Å². The fraction of sp³-hybridized carbons (Fsp3) is 0.0164. The van der Waals surface area contributed by atoms with Crippen LogP contribution in [0.15, 0.2) is 224 Å². The van der Waals surface area contributed by atoms with E-state index in [0.29, 0.717) is 0 Å². The van der Waals surface area contributed by atoms with Crippen molar-refractivity contribution in [3.63, 3.8) is 0 Å². The zero-order chi connectivity index (χ0) is 41.2. The molecular weight excluding hydrogens is 779 g/mol. The Morgan fingerprint density at radius 2 is 0.889 bits per heavy atom. The van der Waals surface area contributed by atoms with Crippen LogP contribution in [0.25, 0.3) is 85.9 Å². The molecule has 1 unspecified atom stereocenters. The van der Waals surface area contributed by atoms with E-state index in [2.05, 4.69) is 229 Å². The number of fused-ring (bicyclic) bond motifs is 12. The van der Waals surface area contributed by atoms with Crippen LogP contribution in [0.3, 0.4) is 0 Å². The predicted molar refractivity (Wildman–Crippen MR) is 268 cm³/mol. The van der Waals surface area contributed by atoms with Crippen LogP contribution in [0.1, 0.15) is 22.3 Å². The Kier molecular flexibility index (Phi) is 7.26. The minimum Gasteiger partial charge on any atom is -0.310 e. The summed E-state index contributed by atoms with van der Waals surface area (Å²) in [6, 6.07) is 84.5. The van der Waals surface area contributed by atoms with Crippen molar-refractivity contribution < 1.29 is 0 Å². The topological polar surface area (TPSA) is 3.24 Å². The van der Waals surface area contributed by atoms with Gasteiger partial charge in [0.15, 0.2) is 0 Å². The first kappa shape index (κ1) is 34.9. The molecule has 2 aliphatic carbocycles. The maximum atomic E-state index is 2.54. The first-order valence-electron chi connectivity index (χ1n) is 21.8. The molecule has 2 heteroatoms. The molecule has 12 aromatic rings. The average Bonchev–Trinajstić information content (AvgIpc) is 3.72. The van der Waals surface area contributed by atoms with Gasteiger partial charge in [-0.1, -0.05) is 188 Å². The highest BCUT2D eigenvalue weighted by molar-refractivity contribution is 7.25. The van der Waals surface area contributed by atoms with Gasteiger partial charge in [0.2, 0.25) is 0 Å². The van der Waals surface area contributed by atoms with Crippen LogP contribution in [0, 0.1) is 0 Å². The van der Waals surface area contributed by atoms with Crippen LogP contribution in [0.4, 0.5) is 17.1 Å². The van der Waals surface area contributed by atoms with E-state index < -0.39 is 5.41 Å². The Morgan fingerprint density at radius 1 is 0.317 bits per heavy atom. The Morgan fingerprint density at radius 3 is 1.81 bits per heavy atom. The number of nitrogens with zero attached hydrogens (tertiary/aromatic N) is 1. The van der Waals surface area contributed by atoms with Crippen LogP contribution < -0.4 is 4.90 Å². The van der Waals surface area contributed by atoms with Gasteiger partial charge >= 0.3 is 0 Å². The normalized spacial score (nSPS) is 14.7. The molecule has 1 atom stereocenters. The van der Waals surface area contributed by atoms with E-state index in [0.717, 1.165) is 17.1 Å². The Bertz CT molecular complexity index is 3870. The number of anilines is 3. The third-order valence-electron chi connectivity index (χ3n) is 14.0. The van der Waals surface area contributed by atoms with Crippen molar-refractivity contribution in [2.45, 2.75) is 5.41 Å². The molecule has 0 saturated carbocycles. The van der Waals surface area contributed by atoms with Crippen LogP contribution >= 0.6 is 11.3 Å². The quantitative estimate of drug-likeness (QED) is 0.171. The van der Waals surface area contributed by atoms with Crippen molar-refractivity contribution in [1.29, 1.82) is 0 Å². The molecule has 0 bridgehead atoms. The molecule has 0 N–H and O–H groups in total. The molecule has 1 nitrogen and oxygen atoms in total. The zero-order valence-electron chi connectivity index (χ0n) is 34.2. The Balaban J connectivity index is 1.13.